The summed E-state index contributed by atoms with van der Waals surface area (Å²) in [7, 11) is -3.86. The van der Waals surface area contributed by atoms with Gasteiger partial charge >= 0.3 is 10.1 Å². The average molecular weight is 365 g/mol. The number of pyridine rings is 1. The number of carbonyl (C=O) groups excluding carboxylic acids is 1. The molecule has 0 radical (unpaired) electrons. The van der Waals surface area contributed by atoms with E-state index in [-0.39, 0.29) is 30.5 Å². The molecule has 25 heavy (non-hydrogen) atoms. The molecule has 8 heteroatoms. The van der Waals surface area contributed by atoms with Gasteiger partial charge in [0.25, 0.3) is 0 Å². The van der Waals surface area contributed by atoms with Gasteiger partial charge in [-0.15, -0.1) is 0 Å². The number of hydrogen-bond acceptors (Lipinski definition) is 7. The molecule has 0 aliphatic carbocycles. The van der Waals surface area contributed by atoms with E-state index in [0.717, 1.165) is 5.56 Å². The second-order valence-corrected chi connectivity index (χ2v) is 6.63. The van der Waals surface area contributed by atoms with E-state index in [1.165, 1.54) is 18.3 Å². The van der Waals surface area contributed by atoms with Crippen LogP contribution < -0.4 is 9.47 Å². The Labute approximate surface area is 146 Å². The van der Waals surface area contributed by atoms with Gasteiger partial charge in [-0.25, -0.2) is 4.98 Å². The highest BCUT2D eigenvalue weighted by Crippen LogP contribution is 2.26. The molecule has 0 fully saturated rings. The van der Waals surface area contributed by atoms with Crippen molar-refractivity contribution in [3.05, 3.63) is 47.8 Å². The summed E-state index contributed by atoms with van der Waals surface area (Å²) >= 11 is 0. The Kier molecular flexibility index (Phi) is 6.49. The normalized spacial score (nSPS) is 11.1. The van der Waals surface area contributed by atoms with Gasteiger partial charge in [0.15, 0.2) is 6.29 Å². The zero-order valence-corrected chi connectivity index (χ0v) is 14.8. The number of rotatable bonds is 9. The first-order valence-electron chi connectivity index (χ1n) is 7.63. The molecule has 1 aromatic heterocycles. The topological polar surface area (TPSA) is 91.8 Å². The summed E-state index contributed by atoms with van der Waals surface area (Å²) in [6.45, 7) is 3.80. The summed E-state index contributed by atoms with van der Waals surface area (Å²) in [6, 6.07) is 7.92. The van der Waals surface area contributed by atoms with Crippen LogP contribution in [0.15, 0.2) is 41.4 Å². The summed E-state index contributed by atoms with van der Waals surface area (Å²) in [5.74, 6) is 0.701. The number of hydrogen-bond donors (Lipinski definition) is 0. The van der Waals surface area contributed by atoms with Crippen molar-refractivity contribution in [2.45, 2.75) is 18.7 Å². The summed E-state index contributed by atoms with van der Waals surface area (Å²) in [5.41, 5.74) is 1.18. The van der Waals surface area contributed by atoms with Crippen LogP contribution in [-0.4, -0.2) is 39.5 Å². The number of aromatic nitrogens is 1. The third-order valence-electron chi connectivity index (χ3n) is 3.13. The van der Waals surface area contributed by atoms with Crippen molar-refractivity contribution in [2.24, 2.45) is 0 Å². The Balaban J connectivity index is 2.00. The molecular weight excluding hydrogens is 346 g/mol. The summed E-state index contributed by atoms with van der Waals surface area (Å²) in [5, 5.41) is 0. The van der Waals surface area contributed by atoms with Gasteiger partial charge in [0.2, 0.25) is 0 Å². The van der Waals surface area contributed by atoms with Crippen molar-refractivity contribution in [3.63, 3.8) is 0 Å². The fraction of sp³-hybridized carbons (Fsp3) is 0.294. The summed E-state index contributed by atoms with van der Waals surface area (Å²) in [6.07, 6.45) is 2.08. The van der Waals surface area contributed by atoms with Crippen LogP contribution in [0.2, 0.25) is 0 Å². The lowest BCUT2D eigenvalue weighted by Gasteiger charge is -2.13. The van der Waals surface area contributed by atoms with Gasteiger partial charge in [0.1, 0.15) is 35.3 Å². The van der Waals surface area contributed by atoms with Gasteiger partial charge in [-0.05, 0) is 43.7 Å². The van der Waals surface area contributed by atoms with Gasteiger partial charge in [0, 0.05) is 0 Å². The van der Waals surface area contributed by atoms with E-state index in [1.54, 1.807) is 25.1 Å². The van der Waals surface area contributed by atoms with Gasteiger partial charge in [-0.2, -0.15) is 8.42 Å². The third-order valence-corrected chi connectivity index (χ3v) is 4.55. The molecule has 1 heterocycles. The second kappa shape index (κ2) is 8.59. The Bertz CT molecular complexity index is 818. The smallest absolute Gasteiger partial charge is 0.300 e. The largest absolute Gasteiger partial charge is 0.489 e. The lowest BCUT2D eigenvalue weighted by atomic mass is 10.2. The van der Waals surface area contributed by atoms with Crippen LogP contribution in [0.5, 0.6) is 11.5 Å². The standard InChI is InChI=1S/C17H19NO6S/c1-3-24-25(20,21)17-7-4-13(2)10-16(17)23-9-8-22-15-6-5-14(12-19)18-11-15/h4-7,10-12H,3,8-9H2,1-2H3. The van der Waals surface area contributed by atoms with Gasteiger partial charge in [0.05, 0.1) is 12.8 Å². The van der Waals surface area contributed by atoms with E-state index in [2.05, 4.69) is 4.98 Å². The van der Waals surface area contributed by atoms with Crippen molar-refractivity contribution in [1.29, 1.82) is 0 Å². The summed E-state index contributed by atoms with van der Waals surface area (Å²) < 4.78 is 40.0. The van der Waals surface area contributed by atoms with E-state index in [9.17, 15) is 13.2 Å². The quantitative estimate of drug-likeness (QED) is 0.383. The van der Waals surface area contributed by atoms with Crippen molar-refractivity contribution in [3.8, 4) is 11.5 Å². The second-order valence-electron chi connectivity index (χ2n) is 5.04. The molecule has 1 aromatic carbocycles. The molecule has 0 bridgehead atoms. The van der Waals surface area contributed by atoms with Crippen LogP contribution >= 0.6 is 0 Å². The monoisotopic (exact) mass is 365 g/mol. The molecule has 0 N–H and O–H groups in total. The average Bonchev–Trinajstić information content (AvgIpc) is 2.59. The maximum Gasteiger partial charge on any atom is 0.300 e. The van der Waals surface area contributed by atoms with Crippen LogP contribution in [0.1, 0.15) is 23.0 Å². The minimum atomic E-state index is -3.86. The van der Waals surface area contributed by atoms with Crippen molar-refractivity contribution >= 4 is 16.4 Å². The lowest BCUT2D eigenvalue weighted by Crippen LogP contribution is -2.13. The molecule has 134 valence electrons. The predicted molar refractivity (Wildman–Crippen MR) is 90.6 cm³/mol. The molecule has 2 aromatic rings. The minimum absolute atomic E-state index is 0.0167. The third kappa shape index (κ3) is 5.27. The molecule has 0 unspecified atom stereocenters. The first-order chi connectivity index (χ1) is 12.0. The van der Waals surface area contributed by atoms with E-state index in [1.807, 2.05) is 6.92 Å². The number of carbonyl (C=O) groups is 1. The zero-order valence-electron chi connectivity index (χ0n) is 14.0. The van der Waals surface area contributed by atoms with E-state index in [0.29, 0.717) is 17.7 Å². The molecular formula is C17H19NO6S. The number of aldehydes is 1. The molecule has 0 saturated heterocycles. The molecule has 0 spiro atoms. The van der Waals surface area contributed by atoms with Gasteiger partial charge < -0.3 is 9.47 Å². The highest BCUT2D eigenvalue weighted by molar-refractivity contribution is 7.86. The van der Waals surface area contributed by atoms with E-state index < -0.39 is 10.1 Å². The van der Waals surface area contributed by atoms with Gasteiger partial charge in [-0.3, -0.25) is 8.98 Å². The highest BCUT2D eigenvalue weighted by Gasteiger charge is 2.20. The SMILES string of the molecule is CCOS(=O)(=O)c1ccc(C)cc1OCCOc1ccc(C=O)nc1. The maximum absolute atomic E-state index is 12.1. The number of benzene rings is 1. The number of nitrogens with zero attached hydrogens (tertiary/aromatic N) is 1. The van der Waals surface area contributed by atoms with E-state index >= 15 is 0 Å². The van der Waals surface area contributed by atoms with Crippen LogP contribution in [0.4, 0.5) is 0 Å². The Hall–Kier alpha value is -2.45. The predicted octanol–water partition coefficient (Wildman–Crippen LogP) is 2.39. The number of aryl methyl sites for hydroxylation is 1. The Morgan fingerprint density at radius 2 is 1.88 bits per heavy atom. The number of ether oxygens (including phenoxy) is 2. The van der Waals surface area contributed by atoms with E-state index in [4.69, 9.17) is 13.7 Å². The Morgan fingerprint density at radius 3 is 2.52 bits per heavy atom. The highest BCUT2D eigenvalue weighted by atomic mass is 32.2. The molecule has 0 aliphatic rings. The fourth-order valence-corrected chi connectivity index (χ4v) is 3.05. The zero-order chi connectivity index (χ0) is 18.3. The summed E-state index contributed by atoms with van der Waals surface area (Å²) in [4.78, 5) is 14.4. The lowest BCUT2D eigenvalue weighted by molar-refractivity contribution is 0.111. The van der Waals surface area contributed by atoms with Crippen LogP contribution in [0.3, 0.4) is 0 Å². The van der Waals surface area contributed by atoms with Gasteiger partial charge in [-0.1, -0.05) is 6.07 Å². The first kappa shape index (κ1) is 18.9. The molecule has 0 amide bonds. The molecule has 7 nitrogen and oxygen atoms in total. The Morgan fingerprint density at radius 1 is 1.12 bits per heavy atom. The first-order valence-corrected chi connectivity index (χ1v) is 9.04. The van der Waals surface area contributed by atoms with Crippen molar-refractivity contribution in [1.82, 2.24) is 4.98 Å². The van der Waals surface area contributed by atoms with Crippen molar-refractivity contribution < 1.29 is 26.9 Å². The fourth-order valence-electron chi connectivity index (χ4n) is 2.01. The minimum Gasteiger partial charge on any atom is -0.489 e. The maximum atomic E-state index is 12.1. The van der Waals surface area contributed by atoms with Crippen LogP contribution in [0, 0.1) is 6.92 Å². The molecule has 0 aliphatic heterocycles. The molecule has 2 rings (SSSR count). The molecule has 0 atom stereocenters. The van der Waals surface area contributed by atoms with Crippen LogP contribution in [0.25, 0.3) is 0 Å². The molecule has 0 saturated carbocycles. The van der Waals surface area contributed by atoms with Crippen molar-refractivity contribution in [2.75, 3.05) is 19.8 Å². The van der Waals surface area contributed by atoms with Crippen LogP contribution in [-0.2, 0) is 14.3 Å².